The lowest BCUT2D eigenvalue weighted by Gasteiger charge is -2.30. The van der Waals surface area contributed by atoms with Gasteiger partial charge in [-0.2, -0.15) is 8.42 Å². The van der Waals surface area contributed by atoms with E-state index in [0.29, 0.717) is 6.42 Å². The number of quaternary nitrogens is 1. The van der Waals surface area contributed by atoms with Crippen molar-refractivity contribution in [2.75, 3.05) is 32.9 Å². The Labute approximate surface area is 116 Å². The van der Waals surface area contributed by atoms with Gasteiger partial charge in [-0.1, -0.05) is 30.3 Å². The number of hydrogen-bond donors (Lipinski definition) is 1. The quantitative estimate of drug-likeness (QED) is 0.451. The Morgan fingerprint density at radius 2 is 1.68 bits per heavy atom. The maximum Gasteiger partial charge on any atom is 0.264 e. The minimum absolute atomic E-state index is 0.133. The summed E-state index contributed by atoms with van der Waals surface area (Å²) in [5.41, 5.74) is 1.33. The molecule has 0 saturated heterocycles. The second-order valence-corrected chi connectivity index (χ2v) is 7.18. The fourth-order valence-electron chi connectivity index (χ4n) is 2.01. The molecule has 0 unspecified atom stereocenters. The third kappa shape index (κ3) is 7.97. The van der Waals surface area contributed by atoms with Crippen LogP contribution in [0.5, 0.6) is 0 Å². The fourth-order valence-corrected chi connectivity index (χ4v) is 2.58. The summed E-state index contributed by atoms with van der Waals surface area (Å²) in [4.78, 5) is 0. The Bertz CT molecular complexity index is 469. The van der Waals surface area contributed by atoms with E-state index in [9.17, 15) is 8.42 Å². The fraction of sp³-hybridized carbons (Fsp3) is 0.571. The van der Waals surface area contributed by atoms with Crippen LogP contribution >= 0.6 is 0 Å². The van der Waals surface area contributed by atoms with E-state index in [-0.39, 0.29) is 5.75 Å². The molecule has 0 heterocycles. The molecule has 1 N–H and O–H groups in total. The molecule has 0 bridgehead atoms. The molecule has 0 radical (unpaired) electrons. The second kappa shape index (κ2) is 7.03. The second-order valence-electron chi connectivity index (χ2n) is 5.61. The number of likely N-dealkylation sites (N-methyl/N-ethyl adjacent to an activating group) is 1. The van der Waals surface area contributed by atoms with Gasteiger partial charge in [-0.05, 0) is 18.4 Å². The average Bonchev–Trinajstić information content (AvgIpc) is 2.33. The summed E-state index contributed by atoms with van der Waals surface area (Å²) in [6, 6.07) is 10.3. The highest BCUT2D eigenvalue weighted by Gasteiger charge is 2.15. The van der Waals surface area contributed by atoms with E-state index in [2.05, 4.69) is 26.2 Å². The monoisotopic (exact) mass is 286 g/mol. The first-order valence-electron chi connectivity index (χ1n) is 6.60. The molecule has 0 spiro atoms. The van der Waals surface area contributed by atoms with Crippen molar-refractivity contribution in [2.45, 2.75) is 19.3 Å². The molecule has 1 rings (SSSR count). The number of hydrogen-bond acceptors (Lipinski definition) is 2. The van der Waals surface area contributed by atoms with Gasteiger partial charge in [0, 0.05) is 6.42 Å². The summed E-state index contributed by atoms with van der Waals surface area (Å²) in [6.07, 6.45) is 2.35. The molecule has 5 heteroatoms. The maximum absolute atomic E-state index is 10.6. The molecule has 0 aliphatic rings. The van der Waals surface area contributed by atoms with Crippen molar-refractivity contribution in [3.8, 4) is 0 Å². The highest BCUT2D eigenvalue weighted by molar-refractivity contribution is 7.85. The highest BCUT2D eigenvalue weighted by Crippen LogP contribution is 2.07. The van der Waals surface area contributed by atoms with E-state index in [1.165, 1.54) is 5.56 Å². The lowest BCUT2D eigenvalue weighted by atomic mass is 10.1. The molecule has 0 aromatic heterocycles. The molecule has 1 aromatic rings. The number of rotatable bonds is 8. The summed E-state index contributed by atoms with van der Waals surface area (Å²) in [5, 5.41) is 0. The van der Waals surface area contributed by atoms with Gasteiger partial charge in [-0.25, -0.2) is 0 Å². The van der Waals surface area contributed by atoms with Crippen LogP contribution in [0, 0.1) is 0 Å². The summed E-state index contributed by atoms with van der Waals surface area (Å²) in [5.74, 6) is -0.133. The van der Waals surface area contributed by atoms with Crippen molar-refractivity contribution < 1.29 is 17.5 Å². The molecule has 0 saturated carbocycles. The third-order valence-electron chi connectivity index (χ3n) is 3.26. The van der Waals surface area contributed by atoms with Crippen LogP contribution in [0.3, 0.4) is 0 Å². The van der Waals surface area contributed by atoms with Crippen LogP contribution in [-0.4, -0.2) is 50.4 Å². The first kappa shape index (κ1) is 16.1. The number of benzene rings is 1. The SMILES string of the molecule is C[N+](C)(CCCCS(=O)(=O)O)CCc1ccccc1. The zero-order valence-electron chi connectivity index (χ0n) is 11.7. The molecule has 4 nitrogen and oxygen atoms in total. The lowest BCUT2D eigenvalue weighted by molar-refractivity contribution is -0.890. The average molecular weight is 286 g/mol. The number of unbranched alkanes of at least 4 members (excludes halogenated alkanes) is 1. The van der Waals surface area contributed by atoms with Crippen molar-refractivity contribution in [2.24, 2.45) is 0 Å². The molecule has 0 fully saturated rings. The van der Waals surface area contributed by atoms with E-state index in [4.69, 9.17) is 4.55 Å². The van der Waals surface area contributed by atoms with Gasteiger partial charge < -0.3 is 4.48 Å². The van der Waals surface area contributed by atoms with Crippen molar-refractivity contribution in [1.82, 2.24) is 0 Å². The molecule has 108 valence electrons. The smallest absolute Gasteiger partial charge is 0.264 e. The summed E-state index contributed by atoms with van der Waals surface area (Å²) < 4.78 is 30.8. The molecule has 19 heavy (non-hydrogen) atoms. The third-order valence-corrected chi connectivity index (χ3v) is 4.07. The Morgan fingerprint density at radius 3 is 2.26 bits per heavy atom. The normalized spacial score (nSPS) is 12.6. The first-order chi connectivity index (χ1) is 8.79. The van der Waals surface area contributed by atoms with Gasteiger partial charge in [0.1, 0.15) is 0 Å². The van der Waals surface area contributed by atoms with E-state index in [1.54, 1.807) is 0 Å². The lowest BCUT2D eigenvalue weighted by Crippen LogP contribution is -2.42. The Balaban J connectivity index is 2.28. The predicted octanol–water partition coefficient (Wildman–Crippen LogP) is 1.97. The van der Waals surface area contributed by atoms with Crippen LogP contribution in [0.4, 0.5) is 0 Å². The van der Waals surface area contributed by atoms with E-state index >= 15 is 0 Å². The van der Waals surface area contributed by atoms with Crippen LogP contribution in [0.1, 0.15) is 18.4 Å². The zero-order chi connectivity index (χ0) is 14.4. The van der Waals surface area contributed by atoms with E-state index in [0.717, 1.165) is 30.4 Å². The van der Waals surface area contributed by atoms with Crippen molar-refractivity contribution in [3.05, 3.63) is 35.9 Å². The Morgan fingerprint density at radius 1 is 1.05 bits per heavy atom. The number of nitrogens with zero attached hydrogens (tertiary/aromatic N) is 1. The van der Waals surface area contributed by atoms with E-state index < -0.39 is 10.1 Å². The van der Waals surface area contributed by atoms with Crippen molar-refractivity contribution in [3.63, 3.8) is 0 Å². The zero-order valence-corrected chi connectivity index (χ0v) is 12.6. The largest absolute Gasteiger partial charge is 0.328 e. The molecule has 0 amide bonds. The summed E-state index contributed by atoms with van der Waals surface area (Å²) >= 11 is 0. The topological polar surface area (TPSA) is 54.4 Å². The van der Waals surface area contributed by atoms with E-state index in [1.807, 2.05) is 18.2 Å². The van der Waals surface area contributed by atoms with Crippen LogP contribution in [0.2, 0.25) is 0 Å². The molecule has 0 aliphatic carbocycles. The van der Waals surface area contributed by atoms with Crippen LogP contribution in [0.15, 0.2) is 30.3 Å². The molecule has 0 aliphatic heterocycles. The summed E-state index contributed by atoms with van der Waals surface area (Å²) in [7, 11) is 0.494. The minimum Gasteiger partial charge on any atom is -0.328 e. The Kier molecular flexibility index (Phi) is 5.97. The van der Waals surface area contributed by atoms with Gasteiger partial charge >= 0.3 is 0 Å². The molecular weight excluding hydrogens is 262 g/mol. The first-order valence-corrected chi connectivity index (χ1v) is 8.20. The van der Waals surface area contributed by atoms with Gasteiger partial charge in [-0.15, -0.1) is 0 Å². The molecule has 1 aromatic carbocycles. The van der Waals surface area contributed by atoms with Crippen molar-refractivity contribution >= 4 is 10.1 Å². The maximum atomic E-state index is 10.6. The standard InChI is InChI=1S/C14H23NO3S/c1-15(2,11-6-7-13-19(16,17)18)12-10-14-8-4-3-5-9-14/h3-5,8-9H,6-7,10-13H2,1-2H3/p+1. The van der Waals surface area contributed by atoms with Gasteiger partial charge in [0.05, 0.1) is 32.9 Å². The molecule has 0 atom stereocenters. The summed E-state index contributed by atoms with van der Waals surface area (Å²) in [6.45, 7) is 1.94. The van der Waals surface area contributed by atoms with Gasteiger partial charge in [0.25, 0.3) is 10.1 Å². The molecular formula is C14H24NO3S+. The predicted molar refractivity (Wildman–Crippen MR) is 77.6 cm³/mol. The van der Waals surface area contributed by atoms with Gasteiger partial charge in [0.15, 0.2) is 0 Å². The van der Waals surface area contributed by atoms with Gasteiger partial charge in [0.2, 0.25) is 0 Å². The Hall–Kier alpha value is -0.910. The van der Waals surface area contributed by atoms with Crippen LogP contribution in [0.25, 0.3) is 0 Å². The van der Waals surface area contributed by atoms with Crippen LogP contribution < -0.4 is 0 Å². The highest BCUT2D eigenvalue weighted by atomic mass is 32.2. The van der Waals surface area contributed by atoms with Crippen molar-refractivity contribution in [1.29, 1.82) is 0 Å². The van der Waals surface area contributed by atoms with Crippen LogP contribution in [-0.2, 0) is 16.5 Å². The van der Waals surface area contributed by atoms with Gasteiger partial charge in [-0.3, -0.25) is 4.55 Å². The minimum atomic E-state index is -3.80.